The monoisotopic (exact) mass is 285 g/mol. The maximum absolute atomic E-state index is 10.9. The Bertz CT molecular complexity index is 396. The van der Waals surface area contributed by atoms with Gasteiger partial charge in [0, 0.05) is 13.3 Å². The molecule has 106 valence electrons. The molecule has 4 N–H and O–H groups in total. The van der Waals surface area contributed by atoms with Crippen LogP contribution >= 0.6 is 0 Å². The number of amides is 1. The number of aliphatic hydroxyl groups excluding tert-OH is 2. The van der Waals surface area contributed by atoms with E-state index in [9.17, 15) is 18.3 Å². The highest BCUT2D eigenvalue weighted by Gasteiger charge is 2.40. The summed E-state index contributed by atoms with van der Waals surface area (Å²) in [5.41, 5.74) is 0. The summed E-state index contributed by atoms with van der Waals surface area (Å²) >= 11 is 0. The minimum absolute atomic E-state index is 0.133. The Morgan fingerprint density at radius 1 is 1.56 bits per heavy atom. The molecule has 9 nitrogen and oxygen atoms in total. The number of ether oxygens (including phenoxy) is 1. The van der Waals surface area contributed by atoms with Gasteiger partial charge in [-0.05, 0) is 0 Å². The molecule has 0 radical (unpaired) electrons. The average molecular weight is 285 g/mol. The van der Waals surface area contributed by atoms with Gasteiger partial charge in [0.05, 0.1) is 12.6 Å². The molecule has 1 heterocycles. The molecule has 1 aliphatic rings. The van der Waals surface area contributed by atoms with Crippen LogP contribution in [0.25, 0.3) is 0 Å². The van der Waals surface area contributed by atoms with Gasteiger partial charge in [0.2, 0.25) is 5.91 Å². The molecule has 0 saturated carbocycles. The van der Waals surface area contributed by atoms with E-state index in [1.165, 1.54) is 6.92 Å². The van der Waals surface area contributed by atoms with Crippen molar-refractivity contribution in [2.75, 3.05) is 6.61 Å². The molecule has 1 aliphatic heterocycles. The second-order valence-electron chi connectivity index (χ2n) is 3.85. The minimum Gasteiger partial charge on any atom is -0.394 e. The summed E-state index contributed by atoms with van der Waals surface area (Å²) in [6.45, 7) is 0.605. The zero-order valence-electron chi connectivity index (χ0n) is 9.51. The third kappa shape index (κ3) is 4.48. The molecule has 1 amide bonds. The largest absolute Gasteiger partial charge is 0.397 e. The number of rotatable bonds is 4. The van der Waals surface area contributed by atoms with Crippen molar-refractivity contribution < 1.29 is 36.9 Å². The van der Waals surface area contributed by atoms with E-state index in [1.54, 1.807) is 0 Å². The van der Waals surface area contributed by atoms with Crippen LogP contribution in [0.4, 0.5) is 0 Å². The highest BCUT2D eigenvalue weighted by atomic mass is 32.3. The Balaban J connectivity index is 2.76. The van der Waals surface area contributed by atoms with Crippen LogP contribution in [0.1, 0.15) is 13.3 Å². The van der Waals surface area contributed by atoms with E-state index >= 15 is 0 Å². The fourth-order valence-electron chi connectivity index (χ4n) is 1.69. The van der Waals surface area contributed by atoms with Crippen molar-refractivity contribution in [2.24, 2.45) is 0 Å². The molecule has 0 aromatic rings. The number of carbonyl (C=O) groups excluding carboxylic acids is 1. The van der Waals surface area contributed by atoms with Gasteiger partial charge in [-0.25, -0.2) is 4.18 Å². The predicted octanol–water partition coefficient (Wildman–Crippen LogP) is -2.22. The predicted molar refractivity (Wildman–Crippen MR) is 56.6 cm³/mol. The van der Waals surface area contributed by atoms with Gasteiger partial charge in [0.25, 0.3) is 0 Å². The van der Waals surface area contributed by atoms with Gasteiger partial charge in [-0.2, -0.15) is 8.42 Å². The molecular formula is C8H15NO8S. The van der Waals surface area contributed by atoms with Crippen LogP contribution in [-0.2, 0) is 24.1 Å². The van der Waals surface area contributed by atoms with Gasteiger partial charge in [0.1, 0.15) is 12.2 Å². The van der Waals surface area contributed by atoms with Crippen molar-refractivity contribution in [1.29, 1.82) is 0 Å². The van der Waals surface area contributed by atoms with Crippen LogP contribution < -0.4 is 5.32 Å². The zero-order valence-corrected chi connectivity index (χ0v) is 10.3. The lowest BCUT2D eigenvalue weighted by Crippen LogP contribution is -2.56. The van der Waals surface area contributed by atoms with Crippen molar-refractivity contribution in [1.82, 2.24) is 5.32 Å². The molecular weight excluding hydrogens is 270 g/mol. The van der Waals surface area contributed by atoms with E-state index in [4.69, 9.17) is 14.4 Å². The normalized spacial score (nSPS) is 33.1. The maximum Gasteiger partial charge on any atom is 0.397 e. The fourth-order valence-corrected chi connectivity index (χ4v) is 2.20. The summed E-state index contributed by atoms with van der Waals surface area (Å²) in [5.74, 6) is -0.448. The standard InChI is InChI=1S/C8H15NO8S/c1-4(11)9-5-2-6(17-18(13,14)15)7(3-10)16-8(5)12/h5-8,10,12H,2-3H2,1H3,(H,9,11)(H,13,14,15)/t5-,6-,7-,8-/m1/s1. The van der Waals surface area contributed by atoms with Gasteiger partial charge >= 0.3 is 10.4 Å². The van der Waals surface area contributed by atoms with Gasteiger partial charge in [-0.1, -0.05) is 0 Å². The summed E-state index contributed by atoms with van der Waals surface area (Å²) < 4.78 is 39.0. The average Bonchev–Trinajstić information content (AvgIpc) is 2.19. The smallest absolute Gasteiger partial charge is 0.394 e. The highest BCUT2D eigenvalue weighted by Crippen LogP contribution is 2.22. The molecule has 0 aromatic heterocycles. The number of hydrogen-bond acceptors (Lipinski definition) is 7. The van der Waals surface area contributed by atoms with Crippen molar-refractivity contribution >= 4 is 16.3 Å². The molecule has 1 saturated heterocycles. The Kier molecular flexibility index (Phi) is 5.01. The van der Waals surface area contributed by atoms with Gasteiger partial charge in [-0.15, -0.1) is 0 Å². The third-order valence-electron chi connectivity index (χ3n) is 2.37. The molecule has 0 aromatic carbocycles. The van der Waals surface area contributed by atoms with Gasteiger partial charge in [-0.3, -0.25) is 9.35 Å². The summed E-state index contributed by atoms with van der Waals surface area (Å²) in [5, 5.41) is 20.8. The molecule has 0 bridgehead atoms. The molecule has 4 atom stereocenters. The summed E-state index contributed by atoms with van der Waals surface area (Å²) in [4.78, 5) is 10.9. The van der Waals surface area contributed by atoms with Crippen molar-refractivity contribution in [2.45, 2.75) is 37.9 Å². The topological polar surface area (TPSA) is 142 Å². The Morgan fingerprint density at radius 3 is 2.61 bits per heavy atom. The van der Waals surface area contributed by atoms with Crippen molar-refractivity contribution in [3.63, 3.8) is 0 Å². The van der Waals surface area contributed by atoms with Crippen LogP contribution in [0.5, 0.6) is 0 Å². The molecule has 1 rings (SSSR count). The Hall–Kier alpha value is -0.780. The summed E-state index contributed by atoms with van der Waals surface area (Å²) in [6.07, 6.45) is -3.85. The number of nitrogens with one attached hydrogen (secondary N) is 1. The number of carbonyl (C=O) groups is 1. The van der Waals surface area contributed by atoms with Crippen LogP contribution in [0.2, 0.25) is 0 Å². The second-order valence-corrected chi connectivity index (χ2v) is 4.90. The van der Waals surface area contributed by atoms with Crippen LogP contribution in [0.15, 0.2) is 0 Å². The lowest BCUT2D eigenvalue weighted by atomic mass is 10.0. The van der Waals surface area contributed by atoms with Crippen molar-refractivity contribution in [3.05, 3.63) is 0 Å². The van der Waals surface area contributed by atoms with Crippen LogP contribution in [0.3, 0.4) is 0 Å². The first-order chi connectivity index (χ1) is 8.23. The lowest BCUT2D eigenvalue weighted by molar-refractivity contribution is -0.216. The molecule has 18 heavy (non-hydrogen) atoms. The molecule has 1 fully saturated rings. The quantitative estimate of drug-likeness (QED) is 0.425. The van der Waals surface area contributed by atoms with Crippen LogP contribution in [-0.4, -0.2) is 60.2 Å². The zero-order chi connectivity index (χ0) is 13.9. The lowest BCUT2D eigenvalue weighted by Gasteiger charge is -2.37. The first kappa shape index (κ1) is 15.3. The first-order valence-corrected chi connectivity index (χ1v) is 6.46. The fraction of sp³-hybridized carbons (Fsp3) is 0.875. The van der Waals surface area contributed by atoms with Crippen molar-refractivity contribution in [3.8, 4) is 0 Å². The number of aliphatic hydroxyl groups is 2. The summed E-state index contributed by atoms with van der Waals surface area (Å²) in [7, 11) is -4.72. The molecule has 0 unspecified atom stereocenters. The molecule has 0 spiro atoms. The van der Waals surface area contributed by atoms with E-state index < -0.39 is 47.5 Å². The minimum atomic E-state index is -4.72. The number of hydrogen-bond donors (Lipinski definition) is 4. The van der Waals surface area contributed by atoms with E-state index in [1.807, 2.05) is 0 Å². The van der Waals surface area contributed by atoms with Gasteiger partial charge < -0.3 is 20.3 Å². The van der Waals surface area contributed by atoms with E-state index in [0.29, 0.717) is 0 Å². The van der Waals surface area contributed by atoms with E-state index in [0.717, 1.165) is 0 Å². The SMILES string of the molecule is CC(=O)N[C@@H]1C[C@@H](OS(=O)(=O)O)[C@@H](CO)O[C@H]1O. The Morgan fingerprint density at radius 2 is 2.17 bits per heavy atom. The highest BCUT2D eigenvalue weighted by molar-refractivity contribution is 7.80. The molecule has 0 aliphatic carbocycles. The van der Waals surface area contributed by atoms with Gasteiger partial charge in [0.15, 0.2) is 6.29 Å². The molecule has 10 heteroatoms. The Labute approximate surface area is 104 Å². The summed E-state index contributed by atoms with van der Waals surface area (Å²) in [6, 6.07) is -0.892. The second kappa shape index (κ2) is 5.91. The first-order valence-electron chi connectivity index (χ1n) is 5.10. The van der Waals surface area contributed by atoms with E-state index in [2.05, 4.69) is 9.50 Å². The third-order valence-corrected chi connectivity index (χ3v) is 2.86. The maximum atomic E-state index is 10.9. The van der Waals surface area contributed by atoms with E-state index in [-0.39, 0.29) is 6.42 Å². The van der Waals surface area contributed by atoms with Crippen LogP contribution in [0, 0.1) is 0 Å².